The summed E-state index contributed by atoms with van der Waals surface area (Å²) in [4.78, 5) is -0.339. The smallest absolute Gasteiger partial charge is 0.265 e. The number of nitrogens with zero attached hydrogens (tertiary/aromatic N) is 2. The van der Waals surface area contributed by atoms with Crippen molar-refractivity contribution >= 4 is 15.7 Å². The van der Waals surface area contributed by atoms with Crippen LogP contribution in [-0.2, 0) is 10.0 Å². The minimum atomic E-state index is -4.06. The van der Waals surface area contributed by atoms with Gasteiger partial charge in [-0.3, -0.25) is 4.31 Å². The molecule has 0 aromatic heterocycles. The fraction of sp³-hybridized carbons (Fsp3) is 0.188. The summed E-state index contributed by atoms with van der Waals surface area (Å²) in [5, 5.41) is 9.09. The molecule has 2 aromatic carbocycles. The molecule has 0 spiro atoms. The van der Waals surface area contributed by atoms with Crippen LogP contribution in [0.3, 0.4) is 0 Å². The normalized spacial score (nSPS) is 13.9. The summed E-state index contributed by atoms with van der Waals surface area (Å²) in [6.07, 6.45) is 0. The highest BCUT2D eigenvalue weighted by atomic mass is 32.2. The summed E-state index contributed by atoms with van der Waals surface area (Å²) in [5.74, 6) is -0.402. The molecule has 23 heavy (non-hydrogen) atoms. The van der Waals surface area contributed by atoms with Gasteiger partial charge in [0.25, 0.3) is 10.0 Å². The lowest BCUT2D eigenvalue weighted by atomic mass is 10.2. The first-order valence-corrected chi connectivity index (χ1v) is 8.34. The standard InChI is InChI=1S/C16H13FN2O3S/c1-11-5-6-14-15(9-11)22-8-7-19(14)23(20,21)16-4-2-3-13(17)12(16)10-18/h2-6,9H,7-8H2,1H3. The molecular weight excluding hydrogens is 319 g/mol. The highest BCUT2D eigenvalue weighted by molar-refractivity contribution is 7.93. The second-order valence-electron chi connectivity index (χ2n) is 5.12. The van der Waals surface area contributed by atoms with Crippen LogP contribution in [0.15, 0.2) is 41.3 Å². The molecule has 3 rings (SSSR count). The zero-order valence-corrected chi connectivity index (χ0v) is 13.1. The molecule has 0 N–H and O–H groups in total. The Balaban J connectivity index is 2.17. The van der Waals surface area contributed by atoms with E-state index in [4.69, 9.17) is 10.00 Å². The van der Waals surface area contributed by atoms with Crippen LogP contribution >= 0.6 is 0 Å². The number of anilines is 1. The van der Waals surface area contributed by atoms with E-state index in [0.717, 1.165) is 15.9 Å². The van der Waals surface area contributed by atoms with Gasteiger partial charge in [-0.25, -0.2) is 12.8 Å². The minimum absolute atomic E-state index is 0.0970. The van der Waals surface area contributed by atoms with Crippen LogP contribution in [0, 0.1) is 24.1 Å². The third kappa shape index (κ3) is 2.51. The van der Waals surface area contributed by atoms with E-state index in [1.807, 2.05) is 6.92 Å². The van der Waals surface area contributed by atoms with E-state index in [-0.39, 0.29) is 18.0 Å². The summed E-state index contributed by atoms with van der Waals surface area (Å²) < 4.78 is 46.3. The first-order chi connectivity index (χ1) is 10.9. The van der Waals surface area contributed by atoms with E-state index in [1.165, 1.54) is 12.1 Å². The molecule has 0 amide bonds. The summed E-state index contributed by atoms with van der Waals surface area (Å²) in [6, 6.07) is 10.4. The molecule has 7 heteroatoms. The molecule has 0 fully saturated rings. The van der Waals surface area contributed by atoms with E-state index < -0.39 is 21.4 Å². The van der Waals surface area contributed by atoms with Gasteiger partial charge in [0.05, 0.1) is 12.2 Å². The van der Waals surface area contributed by atoms with Crippen molar-refractivity contribution in [2.75, 3.05) is 17.5 Å². The van der Waals surface area contributed by atoms with E-state index in [9.17, 15) is 12.8 Å². The Morgan fingerprint density at radius 3 is 2.83 bits per heavy atom. The van der Waals surface area contributed by atoms with Gasteiger partial charge in [-0.05, 0) is 36.8 Å². The lowest BCUT2D eigenvalue weighted by molar-refractivity contribution is 0.315. The fourth-order valence-electron chi connectivity index (χ4n) is 2.50. The first-order valence-electron chi connectivity index (χ1n) is 6.90. The van der Waals surface area contributed by atoms with Gasteiger partial charge in [0, 0.05) is 0 Å². The number of hydrogen-bond donors (Lipinski definition) is 0. The maximum Gasteiger partial charge on any atom is 0.265 e. The van der Waals surface area contributed by atoms with Crippen LogP contribution in [0.25, 0.3) is 0 Å². The number of rotatable bonds is 2. The second-order valence-corrected chi connectivity index (χ2v) is 6.95. The van der Waals surface area contributed by atoms with Crippen LogP contribution in [0.2, 0.25) is 0 Å². The summed E-state index contributed by atoms with van der Waals surface area (Å²) in [5.41, 5.74) is 0.842. The van der Waals surface area contributed by atoms with Crippen molar-refractivity contribution in [2.24, 2.45) is 0 Å². The van der Waals surface area contributed by atoms with Crippen molar-refractivity contribution in [3.8, 4) is 11.8 Å². The van der Waals surface area contributed by atoms with Crippen LogP contribution in [0.4, 0.5) is 10.1 Å². The van der Waals surface area contributed by atoms with Gasteiger partial charge < -0.3 is 4.74 Å². The number of fused-ring (bicyclic) bond motifs is 1. The lowest BCUT2D eigenvalue weighted by Crippen LogP contribution is -2.38. The van der Waals surface area contributed by atoms with Crippen molar-refractivity contribution in [1.82, 2.24) is 0 Å². The van der Waals surface area contributed by atoms with Gasteiger partial charge >= 0.3 is 0 Å². The van der Waals surface area contributed by atoms with Gasteiger partial charge in [-0.15, -0.1) is 0 Å². The van der Waals surface area contributed by atoms with Gasteiger partial charge in [0.15, 0.2) is 0 Å². The Bertz CT molecular complexity index is 919. The van der Waals surface area contributed by atoms with Crippen molar-refractivity contribution in [1.29, 1.82) is 5.26 Å². The molecule has 0 aliphatic carbocycles. The van der Waals surface area contributed by atoms with Crippen molar-refractivity contribution in [3.05, 3.63) is 53.3 Å². The topological polar surface area (TPSA) is 70.4 Å². The van der Waals surface area contributed by atoms with E-state index in [1.54, 1.807) is 24.3 Å². The van der Waals surface area contributed by atoms with Gasteiger partial charge in [-0.2, -0.15) is 5.26 Å². The van der Waals surface area contributed by atoms with Crippen LogP contribution in [0.5, 0.6) is 5.75 Å². The third-order valence-corrected chi connectivity index (χ3v) is 5.45. The first kappa shape index (κ1) is 15.3. The molecule has 0 saturated heterocycles. The number of halogens is 1. The molecule has 0 saturated carbocycles. The van der Waals surface area contributed by atoms with E-state index in [0.29, 0.717) is 11.4 Å². The SMILES string of the molecule is Cc1ccc2c(c1)OCCN2S(=O)(=O)c1cccc(F)c1C#N. The van der Waals surface area contributed by atoms with Crippen LogP contribution < -0.4 is 9.04 Å². The van der Waals surface area contributed by atoms with Crippen LogP contribution in [-0.4, -0.2) is 21.6 Å². The number of ether oxygens (including phenoxy) is 1. The van der Waals surface area contributed by atoms with Gasteiger partial charge in [0.1, 0.15) is 34.7 Å². The number of sulfonamides is 1. The molecular formula is C16H13FN2O3S. The van der Waals surface area contributed by atoms with E-state index >= 15 is 0 Å². The Morgan fingerprint density at radius 2 is 2.09 bits per heavy atom. The lowest BCUT2D eigenvalue weighted by Gasteiger charge is -2.30. The number of benzene rings is 2. The predicted octanol–water partition coefficient (Wildman–Crippen LogP) is 2.59. The summed E-state index contributed by atoms with van der Waals surface area (Å²) in [6.45, 7) is 2.16. The molecule has 2 aromatic rings. The summed E-state index contributed by atoms with van der Waals surface area (Å²) in [7, 11) is -4.06. The van der Waals surface area contributed by atoms with Crippen molar-refractivity contribution in [2.45, 2.75) is 11.8 Å². The molecule has 1 aliphatic heterocycles. The van der Waals surface area contributed by atoms with Gasteiger partial charge in [0.2, 0.25) is 0 Å². The average molecular weight is 332 g/mol. The second kappa shape index (κ2) is 5.56. The minimum Gasteiger partial charge on any atom is -0.489 e. The third-order valence-electron chi connectivity index (χ3n) is 3.59. The summed E-state index contributed by atoms with van der Waals surface area (Å²) >= 11 is 0. The number of nitriles is 1. The molecule has 0 bridgehead atoms. The zero-order valence-electron chi connectivity index (χ0n) is 12.3. The predicted molar refractivity (Wildman–Crippen MR) is 82.3 cm³/mol. The van der Waals surface area contributed by atoms with Crippen molar-refractivity contribution in [3.63, 3.8) is 0 Å². The Hall–Kier alpha value is -2.59. The van der Waals surface area contributed by atoms with E-state index in [2.05, 4.69) is 0 Å². The highest BCUT2D eigenvalue weighted by Gasteiger charge is 2.32. The quantitative estimate of drug-likeness (QED) is 0.847. The van der Waals surface area contributed by atoms with Gasteiger partial charge in [-0.1, -0.05) is 12.1 Å². The van der Waals surface area contributed by atoms with Crippen LogP contribution in [0.1, 0.15) is 11.1 Å². The maximum atomic E-state index is 13.8. The fourth-order valence-corrected chi connectivity index (χ4v) is 4.11. The number of aryl methyl sites for hydroxylation is 1. The molecule has 0 radical (unpaired) electrons. The Labute approximate surface area is 133 Å². The Kier molecular flexibility index (Phi) is 3.70. The average Bonchev–Trinajstić information content (AvgIpc) is 2.53. The zero-order chi connectivity index (χ0) is 16.6. The molecule has 1 heterocycles. The number of hydrogen-bond acceptors (Lipinski definition) is 4. The highest BCUT2D eigenvalue weighted by Crippen LogP contribution is 2.36. The molecule has 0 unspecified atom stereocenters. The molecule has 0 atom stereocenters. The molecule has 118 valence electrons. The molecule has 5 nitrogen and oxygen atoms in total. The largest absolute Gasteiger partial charge is 0.489 e. The Morgan fingerprint density at radius 1 is 1.30 bits per heavy atom. The van der Waals surface area contributed by atoms with Crippen molar-refractivity contribution < 1.29 is 17.5 Å². The maximum absolute atomic E-state index is 13.8. The molecule has 1 aliphatic rings. The monoisotopic (exact) mass is 332 g/mol.